The molecule has 0 atom stereocenters. The highest BCUT2D eigenvalue weighted by molar-refractivity contribution is 5.49. The van der Waals surface area contributed by atoms with Crippen LogP contribution in [0.5, 0.6) is 5.88 Å². The Kier molecular flexibility index (Phi) is 3.26. The SMILES string of the molecule is COc1cccc(CCC=O)n1. The van der Waals surface area contributed by atoms with Crippen LogP contribution in [-0.2, 0) is 11.2 Å². The summed E-state index contributed by atoms with van der Waals surface area (Å²) in [4.78, 5) is 14.2. The normalized spacial score (nSPS) is 9.42. The average molecular weight is 165 g/mol. The maximum atomic E-state index is 10.1. The van der Waals surface area contributed by atoms with Gasteiger partial charge in [0.15, 0.2) is 0 Å². The molecule has 0 aromatic carbocycles. The van der Waals surface area contributed by atoms with Crippen molar-refractivity contribution in [2.24, 2.45) is 0 Å². The van der Waals surface area contributed by atoms with Crippen LogP contribution in [0.15, 0.2) is 18.2 Å². The minimum absolute atomic E-state index is 0.514. The molecule has 12 heavy (non-hydrogen) atoms. The second-order valence-electron chi connectivity index (χ2n) is 2.38. The molecule has 3 nitrogen and oxygen atoms in total. The standard InChI is InChI=1S/C9H11NO2/c1-12-9-6-2-4-8(10-9)5-3-7-11/h2,4,6-7H,3,5H2,1H3. The highest BCUT2D eigenvalue weighted by atomic mass is 16.5. The largest absolute Gasteiger partial charge is 0.481 e. The summed E-state index contributed by atoms with van der Waals surface area (Å²) in [6.07, 6.45) is 2.09. The Labute approximate surface area is 71.4 Å². The number of aromatic nitrogens is 1. The van der Waals surface area contributed by atoms with Crippen molar-refractivity contribution in [1.29, 1.82) is 0 Å². The van der Waals surface area contributed by atoms with Gasteiger partial charge in [0.05, 0.1) is 7.11 Å². The zero-order valence-corrected chi connectivity index (χ0v) is 6.99. The second-order valence-corrected chi connectivity index (χ2v) is 2.38. The molecule has 0 unspecified atom stereocenters. The van der Waals surface area contributed by atoms with Crippen LogP contribution in [0, 0.1) is 0 Å². The van der Waals surface area contributed by atoms with Crippen LogP contribution >= 0.6 is 0 Å². The predicted octanol–water partition coefficient (Wildman–Crippen LogP) is 1.22. The van der Waals surface area contributed by atoms with Gasteiger partial charge >= 0.3 is 0 Å². The minimum atomic E-state index is 0.514. The number of pyridine rings is 1. The molecular formula is C9H11NO2. The topological polar surface area (TPSA) is 39.2 Å². The Morgan fingerprint density at radius 3 is 3.08 bits per heavy atom. The first-order chi connectivity index (χ1) is 5.86. The van der Waals surface area contributed by atoms with Gasteiger partial charge in [-0.15, -0.1) is 0 Å². The minimum Gasteiger partial charge on any atom is -0.481 e. The number of hydrogen-bond donors (Lipinski definition) is 0. The fourth-order valence-electron chi connectivity index (χ4n) is 0.917. The lowest BCUT2D eigenvalue weighted by atomic mass is 10.2. The third-order valence-electron chi connectivity index (χ3n) is 1.51. The molecule has 0 aliphatic carbocycles. The lowest BCUT2D eigenvalue weighted by Crippen LogP contribution is -1.93. The molecule has 1 rings (SSSR count). The molecule has 0 saturated carbocycles. The third-order valence-corrected chi connectivity index (χ3v) is 1.51. The molecule has 0 N–H and O–H groups in total. The zero-order valence-electron chi connectivity index (χ0n) is 6.99. The quantitative estimate of drug-likeness (QED) is 0.630. The van der Waals surface area contributed by atoms with E-state index in [1.54, 1.807) is 13.2 Å². The first kappa shape index (κ1) is 8.71. The fraction of sp³-hybridized carbons (Fsp3) is 0.333. The summed E-state index contributed by atoms with van der Waals surface area (Å²) in [6.45, 7) is 0. The molecule has 0 radical (unpaired) electrons. The maximum Gasteiger partial charge on any atom is 0.213 e. The van der Waals surface area contributed by atoms with Crippen molar-refractivity contribution >= 4 is 6.29 Å². The summed E-state index contributed by atoms with van der Waals surface area (Å²) < 4.78 is 4.94. The molecule has 64 valence electrons. The van der Waals surface area contributed by atoms with Gasteiger partial charge in [-0.2, -0.15) is 0 Å². The van der Waals surface area contributed by atoms with Crippen molar-refractivity contribution in [2.45, 2.75) is 12.8 Å². The predicted molar refractivity (Wildman–Crippen MR) is 45.2 cm³/mol. The highest BCUT2D eigenvalue weighted by Gasteiger charge is 1.95. The van der Waals surface area contributed by atoms with E-state index in [-0.39, 0.29) is 0 Å². The van der Waals surface area contributed by atoms with Crippen LogP contribution in [0.25, 0.3) is 0 Å². The first-order valence-electron chi connectivity index (χ1n) is 3.80. The van der Waals surface area contributed by atoms with E-state index in [2.05, 4.69) is 4.98 Å². The van der Waals surface area contributed by atoms with E-state index in [4.69, 9.17) is 4.74 Å². The first-order valence-corrected chi connectivity index (χ1v) is 3.80. The average Bonchev–Trinajstić information content (AvgIpc) is 2.15. The van der Waals surface area contributed by atoms with E-state index in [9.17, 15) is 4.79 Å². The van der Waals surface area contributed by atoms with E-state index >= 15 is 0 Å². The molecule has 0 aliphatic rings. The number of rotatable bonds is 4. The van der Waals surface area contributed by atoms with Gasteiger partial charge in [0.1, 0.15) is 6.29 Å². The molecule has 0 bridgehead atoms. The number of nitrogens with zero attached hydrogens (tertiary/aromatic N) is 1. The van der Waals surface area contributed by atoms with Crippen LogP contribution in [0.1, 0.15) is 12.1 Å². The van der Waals surface area contributed by atoms with Crippen LogP contribution in [0.3, 0.4) is 0 Å². The third kappa shape index (κ3) is 2.34. The van der Waals surface area contributed by atoms with Gasteiger partial charge in [-0.25, -0.2) is 4.98 Å². The molecule has 0 spiro atoms. The van der Waals surface area contributed by atoms with Crippen molar-refractivity contribution in [3.63, 3.8) is 0 Å². The Balaban J connectivity index is 2.65. The number of aryl methyl sites for hydroxylation is 1. The van der Waals surface area contributed by atoms with E-state index in [0.717, 1.165) is 12.0 Å². The Hall–Kier alpha value is -1.38. The highest BCUT2D eigenvalue weighted by Crippen LogP contribution is 2.07. The number of methoxy groups -OCH3 is 1. The van der Waals surface area contributed by atoms with E-state index in [0.29, 0.717) is 18.7 Å². The Bertz CT molecular complexity index is 260. The van der Waals surface area contributed by atoms with Gasteiger partial charge in [0.25, 0.3) is 0 Å². The Morgan fingerprint density at radius 1 is 1.58 bits per heavy atom. The van der Waals surface area contributed by atoms with Gasteiger partial charge in [0, 0.05) is 18.2 Å². The molecule has 0 saturated heterocycles. The van der Waals surface area contributed by atoms with Crippen molar-refractivity contribution in [2.75, 3.05) is 7.11 Å². The summed E-state index contributed by atoms with van der Waals surface area (Å²) in [7, 11) is 1.58. The summed E-state index contributed by atoms with van der Waals surface area (Å²) in [6, 6.07) is 5.53. The zero-order chi connectivity index (χ0) is 8.81. The van der Waals surface area contributed by atoms with Gasteiger partial charge in [0.2, 0.25) is 5.88 Å². The molecule has 3 heteroatoms. The van der Waals surface area contributed by atoms with E-state index in [1.807, 2.05) is 12.1 Å². The number of carbonyl (C=O) groups excluding carboxylic acids is 1. The van der Waals surface area contributed by atoms with Crippen molar-refractivity contribution < 1.29 is 9.53 Å². The molecule has 1 aromatic heterocycles. The van der Waals surface area contributed by atoms with E-state index in [1.165, 1.54) is 0 Å². The summed E-state index contributed by atoms with van der Waals surface area (Å²) in [5, 5.41) is 0. The Morgan fingerprint density at radius 2 is 2.42 bits per heavy atom. The van der Waals surface area contributed by atoms with Gasteiger partial charge in [-0.05, 0) is 12.5 Å². The molecule has 1 heterocycles. The van der Waals surface area contributed by atoms with Gasteiger partial charge in [-0.1, -0.05) is 6.07 Å². The van der Waals surface area contributed by atoms with Crippen LogP contribution in [0.4, 0.5) is 0 Å². The molecule has 0 aliphatic heterocycles. The van der Waals surface area contributed by atoms with E-state index < -0.39 is 0 Å². The lowest BCUT2D eigenvalue weighted by Gasteiger charge is -2.00. The number of carbonyl (C=O) groups is 1. The molecule has 0 fully saturated rings. The summed E-state index contributed by atoms with van der Waals surface area (Å²) in [5.41, 5.74) is 0.890. The summed E-state index contributed by atoms with van der Waals surface area (Å²) in [5.74, 6) is 0.596. The van der Waals surface area contributed by atoms with Crippen molar-refractivity contribution in [3.8, 4) is 5.88 Å². The van der Waals surface area contributed by atoms with Crippen LogP contribution in [0.2, 0.25) is 0 Å². The van der Waals surface area contributed by atoms with Crippen molar-refractivity contribution in [1.82, 2.24) is 4.98 Å². The monoisotopic (exact) mass is 165 g/mol. The number of hydrogen-bond acceptors (Lipinski definition) is 3. The lowest BCUT2D eigenvalue weighted by molar-refractivity contribution is -0.107. The maximum absolute atomic E-state index is 10.1. The second kappa shape index (κ2) is 4.49. The van der Waals surface area contributed by atoms with Gasteiger partial charge in [-0.3, -0.25) is 0 Å². The molecule has 0 amide bonds. The fourth-order valence-corrected chi connectivity index (χ4v) is 0.917. The molecular weight excluding hydrogens is 154 g/mol. The van der Waals surface area contributed by atoms with Crippen LogP contribution < -0.4 is 4.74 Å². The smallest absolute Gasteiger partial charge is 0.213 e. The number of aldehydes is 1. The van der Waals surface area contributed by atoms with Crippen molar-refractivity contribution in [3.05, 3.63) is 23.9 Å². The summed E-state index contributed by atoms with van der Waals surface area (Å²) >= 11 is 0. The van der Waals surface area contributed by atoms with Crippen LogP contribution in [-0.4, -0.2) is 18.4 Å². The van der Waals surface area contributed by atoms with Gasteiger partial charge < -0.3 is 9.53 Å². The molecule has 1 aromatic rings. The number of ether oxygens (including phenoxy) is 1.